The van der Waals surface area contributed by atoms with E-state index >= 15 is 0 Å². The van der Waals surface area contributed by atoms with Crippen LogP contribution >= 0.6 is 11.3 Å². The van der Waals surface area contributed by atoms with Gasteiger partial charge in [-0.25, -0.2) is 4.79 Å². The molecule has 2 fully saturated rings. The van der Waals surface area contributed by atoms with E-state index in [1.807, 2.05) is 41.2 Å². The molecule has 2 bridgehead atoms. The number of carbonyl (C=O) groups excluding carboxylic acids is 1. The number of morpholine rings is 1. The topological polar surface area (TPSA) is 56.6 Å². The lowest BCUT2D eigenvalue weighted by molar-refractivity contribution is -0.0970. The number of piperidine rings is 1. The Morgan fingerprint density at radius 1 is 1.26 bits per heavy atom. The predicted molar refractivity (Wildman–Crippen MR) is 104 cm³/mol. The fourth-order valence-corrected chi connectivity index (χ4v) is 4.82. The minimum Gasteiger partial charge on any atom is -0.459 e. The molecule has 2 aromatic heterocycles. The van der Waals surface area contributed by atoms with Gasteiger partial charge in [0, 0.05) is 36.5 Å². The predicted octanol–water partition coefficient (Wildman–Crippen LogP) is 3.11. The summed E-state index contributed by atoms with van der Waals surface area (Å²) in [7, 11) is 2.14. The highest BCUT2D eigenvalue weighted by molar-refractivity contribution is 7.12. The molecule has 0 N–H and O–H groups in total. The smallest absolute Gasteiger partial charge is 0.340 e. The molecule has 0 amide bonds. The third-order valence-electron chi connectivity index (χ3n) is 5.70. The van der Waals surface area contributed by atoms with Crippen LogP contribution in [0.1, 0.15) is 23.2 Å². The Bertz CT molecular complexity index is 954. The van der Waals surface area contributed by atoms with Crippen LogP contribution in [0.2, 0.25) is 0 Å². The quantitative estimate of drug-likeness (QED) is 0.651. The number of para-hydroxylation sites is 1. The number of benzene rings is 1. The van der Waals surface area contributed by atoms with Crippen LogP contribution in [-0.2, 0) is 9.47 Å². The first-order chi connectivity index (χ1) is 13.2. The van der Waals surface area contributed by atoms with Gasteiger partial charge in [-0.1, -0.05) is 18.2 Å². The largest absolute Gasteiger partial charge is 0.459 e. The normalized spacial score (nSPS) is 25.6. The third kappa shape index (κ3) is 2.96. The van der Waals surface area contributed by atoms with Crippen LogP contribution in [0.5, 0.6) is 0 Å². The zero-order valence-electron chi connectivity index (χ0n) is 15.1. The molecule has 2 aliphatic rings. The molecule has 0 unspecified atom stereocenters. The molecule has 0 aliphatic carbocycles. The van der Waals surface area contributed by atoms with E-state index in [0.29, 0.717) is 30.9 Å². The van der Waals surface area contributed by atoms with Crippen LogP contribution in [-0.4, -0.2) is 58.9 Å². The average Bonchev–Trinajstić information content (AvgIpc) is 3.30. The summed E-state index contributed by atoms with van der Waals surface area (Å²) in [6.45, 7) is 1.43. The van der Waals surface area contributed by atoms with Gasteiger partial charge >= 0.3 is 5.97 Å². The number of hydrogen-bond donors (Lipinski definition) is 0. The maximum absolute atomic E-state index is 13.0. The van der Waals surface area contributed by atoms with E-state index in [4.69, 9.17) is 9.47 Å². The van der Waals surface area contributed by atoms with Crippen molar-refractivity contribution in [3.05, 3.63) is 47.7 Å². The maximum Gasteiger partial charge on any atom is 0.340 e. The number of carbonyl (C=O) groups is 1. The number of nitrogens with zero attached hydrogens (tertiary/aromatic N) is 3. The molecule has 2 saturated heterocycles. The Labute approximate surface area is 161 Å². The van der Waals surface area contributed by atoms with Gasteiger partial charge < -0.3 is 14.0 Å². The highest BCUT2D eigenvalue weighted by Gasteiger charge is 2.38. The van der Waals surface area contributed by atoms with Gasteiger partial charge in [-0.3, -0.25) is 9.88 Å². The SMILES string of the molecule is CN1[C@@H]2COC[C@H]1C[C@@H](OC(=O)c1cn(-c3cncs3)c3ccccc13)C2. The van der Waals surface area contributed by atoms with Gasteiger partial charge in [-0.15, -0.1) is 11.3 Å². The van der Waals surface area contributed by atoms with Gasteiger partial charge in [-0.2, -0.15) is 0 Å². The van der Waals surface area contributed by atoms with Gasteiger partial charge in [0.1, 0.15) is 11.1 Å². The lowest BCUT2D eigenvalue weighted by Gasteiger charge is -2.46. The lowest BCUT2D eigenvalue weighted by atomic mass is 9.92. The third-order valence-corrected chi connectivity index (χ3v) is 6.48. The Morgan fingerprint density at radius 3 is 2.78 bits per heavy atom. The molecule has 3 atom stereocenters. The Balaban J connectivity index is 1.43. The fourth-order valence-electron chi connectivity index (χ4n) is 4.21. The van der Waals surface area contributed by atoms with Crippen LogP contribution in [0.15, 0.2) is 42.2 Å². The van der Waals surface area contributed by atoms with E-state index < -0.39 is 0 Å². The molecular formula is C20H21N3O3S. The molecule has 0 radical (unpaired) electrons. The van der Waals surface area contributed by atoms with Crippen molar-refractivity contribution in [1.29, 1.82) is 0 Å². The molecule has 3 aromatic rings. The van der Waals surface area contributed by atoms with E-state index in [-0.39, 0.29) is 12.1 Å². The van der Waals surface area contributed by atoms with Crippen molar-refractivity contribution in [3.63, 3.8) is 0 Å². The van der Waals surface area contributed by atoms with Gasteiger partial charge in [0.2, 0.25) is 0 Å². The minimum atomic E-state index is -0.247. The number of esters is 1. The molecule has 2 aliphatic heterocycles. The van der Waals surface area contributed by atoms with Gasteiger partial charge in [-0.05, 0) is 13.1 Å². The number of hydrogen-bond acceptors (Lipinski definition) is 6. The van der Waals surface area contributed by atoms with E-state index in [0.717, 1.165) is 28.7 Å². The number of aromatic nitrogens is 2. The van der Waals surface area contributed by atoms with Crippen LogP contribution in [0.25, 0.3) is 15.9 Å². The summed E-state index contributed by atoms with van der Waals surface area (Å²) >= 11 is 1.54. The molecule has 140 valence electrons. The maximum atomic E-state index is 13.0. The van der Waals surface area contributed by atoms with Crippen molar-refractivity contribution < 1.29 is 14.3 Å². The molecule has 7 heteroatoms. The monoisotopic (exact) mass is 383 g/mol. The second-order valence-corrected chi connectivity index (χ2v) is 8.14. The van der Waals surface area contributed by atoms with Crippen LogP contribution in [0, 0.1) is 0 Å². The first-order valence-electron chi connectivity index (χ1n) is 9.20. The molecule has 0 saturated carbocycles. The van der Waals surface area contributed by atoms with Crippen LogP contribution < -0.4 is 0 Å². The van der Waals surface area contributed by atoms with Gasteiger partial charge in [0.05, 0.1) is 36.0 Å². The number of rotatable bonds is 3. The summed E-state index contributed by atoms with van der Waals surface area (Å²) < 4.78 is 13.6. The zero-order chi connectivity index (χ0) is 18.4. The highest BCUT2D eigenvalue weighted by atomic mass is 32.1. The van der Waals surface area contributed by atoms with Crippen molar-refractivity contribution in [2.24, 2.45) is 0 Å². The van der Waals surface area contributed by atoms with E-state index in [1.165, 1.54) is 0 Å². The Morgan fingerprint density at radius 2 is 2.04 bits per heavy atom. The Hall–Kier alpha value is -2.22. The molecule has 4 heterocycles. The molecule has 27 heavy (non-hydrogen) atoms. The van der Waals surface area contributed by atoms with Crippen LogP contribution in [0.3, 0.4) is 0 Å². The minimum absolute atomic E-state index is 0.0573. The fraction of sp³-hybridized carbons (Fsp3) is 0.400. The van der Waals surface area contributed by atoms with Crippen molar-refractivity contribution >= 4 is 28.2 Å². The van der Waals surface area contributed by atoms with Crippen molar-refractivity contribution in [3.8, 4) is 5.00 Å². The van der Waals surface area contributed by atoms with E-state index in [1.54, 1.807) is 16.8 Å². The van der Waals surface area contributed by atoms with E-state index in [2.05, 4.69) is 16.9 Å². The highest BCUT2D eigenvalue weighted by Crippen LogP contribution is 2.31. The summed E-state index contributed by atoms with van der Waals surface area (Å²) in [6, 6.07) is 8.58. The van der Waals surface area contributed by atoms with Gasteiger partial charge in [0.25, 0.3) is 0 Å². The Kier molecular flexibility index (Phi) is 4.22. The molecular weight excluding hydrogens is 362 g/mol. The second-order valence-electron chi connectivity index (χ2n) is 7.28. The molecule has 0 spiro atoms. The summed E-state index contributed by atoms with van der Waals surface area (Å²) in [5.41, 5.74) is 3.39. The molecule has 5 rings (SSSR count). The zero-order valence-corrected chi connectivity index (χ0v) is 15.9. The van der Waals surface area contributed by atoms with Crippen molar-refractivity contribution in [2.45, 2.75) is 31.0 Å². The molecule has 1 aromatic carbocycles. The summed E-state index contributed by atoms with van der Waals surface area (Å²) in [6.07, 6.45) is 5.28. The number of thiazole rings is 1. The van der Waals surface area contributed by atoms with Crippen molar-refractivity contribution in [2.75, 3.05) is 20.3 Å². The summed E-state index contributed by atoms with van der Waals surface area (Å²) in [5.74, 6) is -0.247. The standard InChI is InChI=1S/C20H21N3O3S/c1-22-13-6-15(7-14(22)11-25-10-13)26-20(24)17-9-23(19-8-21-12-27-19)18-5-3-2-4-16(17)18/h2-5,8-9,12-15H,6-7,10-11H2,1H3/t13-,14+,15-. The number of fused-ring (bicyclic) bond motifs is 3. The van der Waals surface area contributed by atoms with E-state index in [9.17, 15) is 4.79 Å². The summed E-state index contributed by atoms with van der Waals surface area (Å²) in [5, 5.41) is 1.89. The van der Waals surface area contributed by atoms with Crippen LogP contribution in [0.4, 0.5) is 0 Å². The summed E-state index contributed by atoms with van der Waals surface area (Å²) in [4.78, 5) is 19.5. The van der Waals surface area contributed by atoms with Crippen molar-refractivity contribution in [1.82, 2.24) is 14.5 Å². The average molecular weight is 383 g/mol. The second kappa shape index (κ2) is 6.74. The lowest BCUT2D eigenvalue weighted by Crippen LogP contribution is -2.56. The first kappa shape index (κ1) is 16.9. The number of likely N-dealkylation sites (N-methyl/N-ethyl adjacent to an activating group) is 1. The van der Waals surface area contributed by atoms with Gasteiger partial charge in [0.15, 0.2) is 0 Å². The number of ether oxygens (including phenoxy) is 2. The first-order valence-corrected chi connectivity index (χ1v) is 10.1. The molecule has 6 nitrogen and oxygen atoms in total.